The first-order valence-electron chi connectivity index (χ1n) is 9.30. The summed E-state index contributed by atoms with van der Waals surface area (Å²) in [4.78, 5) is 16.3. The summed E-state index contributed by atoms with van der Waals surface area (Å²) in [5.41, 5.74) is 4.14. The lowest BCUT2D eigenvalue weighted by Crippen LogP contribution is -2.14. The highest BCUT2D eigenvalue weighted by Gasteiger charge is 2.45. The van der Waals surface area contributed by atoms with Crippen LogP contribution in [0.25, 0.3) is 11.1 Å². The molecule has 5 rings (SSSR count). The number of Topliss-reactive ketones (excluding diaryl/α,β-unsaturated/α-hetero) is 1. The van der Waals surface area contributed by atoms with E-state index < -0.39 is 0 Å². The van der Waals surface area contributed by atoms with Gasteiger partial charge in [-0.25, -0.2) is 0 Å². The van der Waals surface area contributed by atoms with Crippen molar-refractivity contribution < 1.29 is 4.79 Å². The van der Waals surface area contributed by atoms with Crippen LogP contribution >= 0.6 is 22.7 Å². The average Bonchev–Trinajstić information content (AvgIpc) is 3.49. The second-order valence-corrected chi connectivity index (χ2v) is 8.80. The van der Waals surface area contributed by atoms with Crippen molar-refractivity contribution in [2.75, 3.05) is 0 Å². The number of rotatable bonds is 4. The van der Waals surface area contributed by atoms with Crippen molar-refractivity contribution in [1.29, 1.82) is 0 Å². The Hall–Kier alpha value is -2.75. The van der Waals surface area contributed by atoms with Crippen LogP contribution in [0.2, 0.25) is 0 Å². The molecule has 0 amide bonds. The van der Waals surface area contributed by atoms with E-state index in [-0.39, 0.29) is 17.6 Å². The topological polar surface area (TPSA) is 17.1 Å². The van der Waals surface area contributed by atoms with Gasteiger partial charge in [-0.3, -0.25) is 4.79 Å². The largest absolute Gasteiger partial charge is 0.293 e. The molecule has 0 fully saturated rings. The Morgan fingerprint density at radius 2 is 1.32 bits per heavy atom. The lowest BCUT2D eigenvalue weighted by molar-refractivity contribution is -0.114. The predicted molar refractivity (Wildman–Crippen MR) is 119 cm³/mol. The quantitative estimate of drug-likeness (QED) is 0.366. The lowest BCUT2D eigenvalue weighted by Gasteiger charge is -2.21. The number of allylic oxidation sites excluding steroid dienone is 2. The minimum atomic E-state index is -0.188. The third-order valence-corrected chi connectivity index (χ3v) is 7.16. The molecular weight excluding hydrogens is 380 g/mol. The van der Waals surface area contributed by atoms with Crippen molar-refractivity contribution in [3.8, 4) is 0 Å². The summed E-state index contributed by atoms with van der Waals surface area (Å²) >= 11 is 3.45. The Morgan fingerprint density at radius 1 is 0.643 bits per heavy atom. The second-order valence-electron chi connectivity index (χ2n) is 6.88. The van der Waals surface area contributed by atoms with Crippen LogP contribution in [0, 0.1) is 0 Å². The molecule has 0 saturated heterocycles. The molecule has 2 heterocycles. The number of hydrogen-bond acceptors (Lipinski definition) is 3. The molecule has 1 aliphatic carbocycles. The van der Waals surface area contributed by atoms with Gasteiger partial charge in [0, 0.05) is 21.2 Å². The van der Waals surface area contributed by atoms with Crippen molar-refractivity contribution in [1.82, 2.24) is 0 Å². The maximum atomic E-state index is 13.9. The molecule has 2 aromatic carbocycles. The molecule has 4 aromatic rings. The van der Waals surface area contributed by atoms with Crippen LogP contribution in [0.5, 0.6) is 0 Å². The Kier molecular flexibility index (Phi) is 4.55. The number of hydrogen-bond donors (Lipinski definition) is 0. The van der Waals surface area contributed by atoms with Crippen LogP contribution in [0.15, 0.2) is 95.7 Å². The molecule has 0 radical (unpaired) electrons. The normalized spacial score (nSPS) is 19.4. The summed E-state index contributed by atoms with van der Waals surface area (Å²) in [5, 5.41) is 4.20. The summed E-state index contributed by atoms with van der Waals surface area (Å²) in [6.45, 7) is 0. The van der Waals surface area contributed by atoms with Crippen LogP contribution in [0.4, 0.5) is 0 Å². The molecule has 136 valence electrons. The van der Waals surface area contributed by atoms with Crippen LogP contribution < -0.4 is 0 Å². The Morgan fingerprint density at radius 3 is 1.96 bits per heavy atom. The van der Waals surface area contributed by atoms with Crippen LogP contribution in [-0.4, -0.2) is 5.78 Å². The Bertz CT molecular complexity index is 1110. The first-order valence-corrected chi connectivity index (χ1v) is 11.1. The molecular formula is C25H18OS2. The van der Waals surface area contributed by atoms with Gasteiger partial charge in [0.05, 0.1) is 5.92 Å². The van der Waals surface area contributed by atoms with Crippen molar-refractivity contribution in [2.24, 2.45) is 0 Å². The highest BCUT2D eigenvalue weighted by molar-refractivity contribution is 7.11. The third kappa shape index (κ3) is 2.88. The standard InChI is InChI=1S/C25H18OS2/c26-25-21(17-9-3-1-4-10-17)23(19-13-7-15-27-19)24(20-14-8-16-28-20)22(25)18-11-5-2-6-12-18/h1-16,21,23H. The van der Waals surface area contributed by atoms with Gasteiger partial charge in [0.15, 0.2) is 5.78 Å². The van der Waals surface area contributed by atoms with E-state index in [1.54, 1.807) is 22.7 Å². The van der Waals surface area contributed by atoms with Crippen molar-refractivity contribution >= 4 is 39.6 Å². The van der Waals surface area contributed by atoms with Crippen molar-refractivity contribution in [3.63, 3.8) is 0 Å². The minimum absolute atomic E-state index is 0.0451. The molecule has 28 heavy (non-hydrogen) atoms. The molecule has 0 aliphatic heterocycles. The lowest BCUT2D eigenvalue weighted by atomic mass is 9.83. The fourth-order valence-electron chi connectivity index (χ4n) is 4.15. The van der Waals surface area contributed by atoms with Crippen LogP contribution in [0.3, 0.4) is 0 Å². The van der Waals surface area contributed by atoms with E-state index in [9.17, 15) is 4.79 Å². The van der Waals surface area contributed by atoms with E-state index in [0.717, 1.165) is 16.7 Å². The van der Waals surface area contributed by atoms with E-state index in [2.05, 4.69) is 59.3 Å². The van der Waals surface area contributed by atoms with Gasteiger partial charge in [-0.2, -0.15) is 0 Å². The van der Waals surface area contributed by atoms with E-state index in [1.807, 2.05) is 36.4 Å². The molecule has 0 N–H and O–H groups in total. The van der Waals surface area contributed by atoms with Gasteiger partial charge >= 0.3 is 0 Å². The summed E-state index contributed by atoms with van der Waals surface area (Å²) in [7, 11) is 0. The maximum absolute atomic E-state index is 13.9. The third-order valence-electron chi connectivity index (χ3n) is 5.30. The van der Waals surface area contributed by atoms with Crippen molar-refractivity contribution in [2.45, 2.75) is 11.8 Å². The zero-order valence-electron chi connectivity index (χ0n) is 15.1. The van der Waals surface area contributed by atoms with E-state index in [1.165, 1.54) is 15.3 Å². The van der Waals surface area contributed by atoms with Gasteiger partial charge in [0.1, 0.15) is 0 Å². The molecule has 2 aromatic heterocycles. The minimum Gasteiger partial charge on any atom is -0.293 e. The zero-order chi connectivity index (χ0) is 18.9. The van der Waals surface area contributed by atoms with Gasteiger partial charge in [-0.1, -0.05) is 72.8 Å². The molecule has 3 heteroatoms. The molecule has 1 aliphatic rings. The SMILES string of the molecule is O=C1C(c2ccccc2)=C(c2cccs2)C(c2cccs2)C1c1ccccc1. The maximum Gasteiger partial charge on any atom is 0.172 e. The smallest absolute Gasteiger partial charge is 0.172 e. The summed E-state index contributed by atoms with van der Waals surface area (Å²) in [5.74, 6) is 0.0788. The van der Waals surface area contributed by atoms with Gasteiger partial charge in [0.25, 0.3) is 0 Å². The molecule has 0 saturated carbocycles. The predicted octanol–water partition coefficient (Wildman–Crippen LogP) is 6.87. The number of carbonyl (C=O) groups is 1. The summed E-state index contributed by atoms with van der Waals surface area (Å²) < 4.78 is 0. The Balaban J connectivity index is 1.79. The van der Waals surface area contributed by atoms with Crippen LogP contribution in [0.1, 0.15) is 32.7 Å². The zero-order valence-corrected chi connectivity index (χ0v) is 16.8. The monoisotopic (exact) mass is 398 g/mol. The average molecular weight is 399 g/mol. The van der Waals surface area contributed by atoms with Gasteiger partial charge in [-0.15, -0.1) is 22.7 Å². The summed E-state index contributed by atoms with van der Waals surface area (Å²) in [6, 6.07) is 28.8. The van der Waals surface area contributed by atoms with Crippen LogP contribution in [-0.2, 0) is 4.79 Å². The fraction of sp³-hybridized carbons (Fsp3) is 0.0800. The fourth-order valence-corrected chi connectivity index (χ4v) is 5.84. The first-order chi connectivity index (χ1) is 13.8. The molecule has 0 spiro atoms. The highest BCUT2D eigenvalue weighted by atomic mass is 32.1. The number of ketones is 1. The second kappa shape index (κ2) is 7.34. The summed E-state index contributed by atoms with van der Waals surface area (Å²) in [6.07, 6.45) is 0. The van der Waals surface area contributed by atoms with Gasteiger partial charge in [0.2, 0.25) is 0 Å². The van der Waals surface area contributed by atoms with Gasteiger partial charge in [-0.05, 0) is 39.6 Å². The first kappa shape index (κ1) is 17.4. The van der Waals surface area contributed by atoms with Crippen molar-refractivity contribution in [3.05, 3.63) is 117 Å². The molecule has 1 nitrogen and oxygen atoms in total. The van der Waals surface area contributed by atoms with E-state index in [4.69, 9.17) is 0 Å². The number of thiophene rings is 2. The Labute approximate surface area is 172 Å². The van der Waals surface area contributed by atoms with Gasteiger partial charge < -0.3 is 0 Å². The molecule has 2 unspecified atom stereocenters. The van der Waals surface area contributed by atoms with E-state index >= 15 is 0 Å². The highest BCUT2D eigenvalue weighted by Crippen LogP contribution is 2.55. The number of carbonyl (C=O) groups excluding carboxylic acids is 1. The number of benzene rings is 2. The molecule has 0 bridgehead atoms. The van der Waals surface area contributed by atoms with E-state index in [0.29, 0.717) is 0 Å². The molecule has 2 atom stereocenters.